The van der Waals surface area contributed by atoms with Crippen molar-refractivity contribution in [3.05, 3.63) is 59.7 Å². The van der Waals surface area contributed by atoms with E-state index in [1.807, 2.05) is 6.92 Å². The van der Waals surface area contributed by atoms with Crippen LogP contribution in [0.15, 0.2) is 48.5 Å². The van der Waals surface area contributed by atoms with Crippen LogP contribution in [0, 0.1) is 6.92 Å². The SMILES string of the molecule is CCCCC(Nc1ccccc1)(c1cc(C)ccc1N)C(F)(F)F. The van der Waals surface area contributed by atoms with E-state index >= 15 is 0 Å². The zero-order valence-corrected chi connectivity index (χ0v) is 14.0. The maximum absolute atomic E-state index is 14.3. The minimum Gasteiger partial charge on any atom is -0.398 e. The maximum Gasteiger partial charge on any atom is 0.415 e. The van der Waals surface area contributed by atoms with E-state index in [1.165, 1.54) is 6.07 Å². The lowest BCUT2D eigenvalue weighted by Crippen LogP contribution is -2.49. The first-order valence-electron chi connectivity index (χ1n) is 8.06. The number of halogens is 3. The lowest BCUT2D eigenvalue weighted by Gasteiger charge is -2.39. The third kappa shape index (κ3) is 3.66. The number of nitrogens with one attached hydrogen (secondary N) is 1. The summed E-state index contributed by atoms with van der Waals surface area (Å²) in [4.78, 5) is 0. The number of benzene rings is 2. The molecule has 2 aromatic rings. The van der Waals surface area contributed by atoms with Crippen molar-refractivity contribution in [1.82, 2.24) is 0 Å². The first kappa shape index (κ1) is 18.2. The van der Waals surface area contributed by atoms with E-state index < -0.39 is 11.7 Å². The Labute approximate surface area is 140 Å². The van der Waals surface area contributed by atoms with E-state index in [0.29, 0.717) is 18.5 Å². The van der Waals surface area contributed by atoms with Gasteiger partial charge in [-0.05, 0) is 31.5 Å². The highest BCUT2D eigenvalue weighted by atomic mass is 19.4. The molecule has 1 atom stereocenters. The number of nitrogen functional groups attached to an aromatic ring is 1. The average molecular weight is 336 g/mol. The smallest absolute Gasteiger partial charge is 0.398 e. The number of alkyl halides is 3. The first-order valence-corrected chi connectivity index (χ1v) is 8.06. The van der Waals surface area contributed by atoms with Crippen molar-refractivity contribution in [2.75, 3.05) is 11.1 Å². The molecule has 0 saturated carbocycles. The van der Waals surface area contributed by atoms with Crippen molar-refractivity contribution in [3.8, 4) is 0 Å². The topological polar surface area (TPSA) is 38.0 Å². The zero-order chi connectivity index (χ0) is 17.8. The molecule has 0 amide bonds. The molecule has 0 saturated heterocycles. The summed E-state index contributed by atoms with van der Waals surface area (Å²) < 4.78 is 42.8. The van der Waals surface area contributed by atoms with Crippen molar-refractivity contribution < 1.29 is 13.2 Å². The van der Waals surface area contributed by atoms with E-state index in [-0.39, 0.29) is 17.7 Å². The number of anilines is 2. The van der Waals surface area contributed by atoms with Crippen LogP contribution in [0.3, 0.4) is 0 Å². The van der Waals surface area contributed by atoms with Crippen LogP contribution in [0.1, 0.15) is 37.3 Å². The van der Waals surface area contributed by atoms with Gasteiger partial charge in [0.2, 0.25) is 0 Å². The number of para-hydroxylation sites is 1. The second-order valence-electron chi connectivity index (χ2n) is 6.09. The molecule has 2 nitrogen and oxygen atoms in total. The van der Waals surface area contributed by atoms with Crippen LogP contribution < -0.4 is 11.1 Å². The quantitative estimate of drug-likeness (QED) is 0.670. The maximum atomic E-state index is 14.3. The lowest BCUT2D eigenvalue weighted by atomic mass is 9.82. The molecule has 24 heavy (non-hydrogen) atoms. The summed E-state index contributed by atoms with van der Waals surface area (Å²) >= 11 is 0. The van der Waals surface area contributed by atoms with Crippen LogP contribution in [-0.4, -0.2) is 6.18 Å². The molecule has 0 aromatic heterocycles. The number of aryl methyl sites for hydroxylation is 1. The Kier molecular flexibility index (Phi) is 5.42. The normalized spacial score (nSPS) is 14.2. The Morgan fingerprint density at radius 1 is 1.04 bits per heavy atom. The van der Waals surface area contributed by atoms with E-state index in [1.54, 1.807) is 49.4 Å². The molecule has 0 spiro atoms. The molecular formula is C19H23F3N2. The highest BCUT2D eigenvalue weighted by Gasteiger charge is 2.56. The van der Waals surface area contributed by atoms with Gasteiger partial charge in [-0.2, -0.15) is 13.2 Å². The standard InChI is InChI=1S/C19H23F3N2/c1-3-4-12-18(19(20,21)22,24-15-8-6-5-7-9-15)16-13-14(2)10-11-17(16)23/h5-11,13,24H,3-4,12,23H2,1-2H3. The molecule has 0 radical (unpaired) electrons. The minimum atomic E-state index is -4.49. The monoisotopic (exact) mass is 336 g/mol. The molecule has 0 aliphatic carbocycles. The highest BCUT2D eigenvalue weighted by Crippen LogP contribution is 2.47. The van der Waals surface area contributed by atoms with Crippen LogP contribution in [0.5, 0.6) is 0 Å². The van der Waals surface area contributed by atoms with Gasteiger partial charge in [0.25, 0.3) is 0 Å². The minimum absolute atomic E-state index is 0.0739. The van der Waals surface area contributed by atoms with Gasteiger partial charge >= 0.3 is 6.18 Å². The van der Waals surface area contributed by atoms with Crippen molar-refractivity contribution in [3.63, 3.8) is 0 Å². The molecule has 5 heteroatoms. The number of unbranched alkanes of at least 4 members (excludes halogenated alkanes) is 1. The van der Waals surface area contributed by atoms with Gasteiger partial charge in [0.1, 0.15) is 0 Å². The molecule has 0 heterocycles. The van der Waals surface area contributed by atoms with Crippen molar-refractivity contribution in [2.45, 2.75) is 44.8 Å². The van der Waals surface area contributed by atoms with Gasteiger partial charge < -0.3 is 11.1 Å². The summed E-state index contributed by atoms with van der Waals surface area (Å²) in [5, 5.41) is 2.75. The second-order valence-corrected chi connectivity index (χ2v) is 6.09. The van der Waals surface area contributed by atoms with Crippen molar-refractivity contribution >= 4 is 11.4 Å². The Morgan fingerprint density at radius 3 is 2.29 bits per heavy atom. The fourth-order valence-electron chi connectivity index (χ4n) is 2.88. The predicted octanol–water partition coefficient (Wildman–Crippen LogP) is 5.64. The van der Waals surface area contributed by atoms with Crippen LogP contribution in [0.2, 0.25) is 0 Å². The van der Waals surface area contributed by atoms with E-state index in [9.17, 15) is 13.2 Å². The van der Waals surface area contributed by atoms with Gasteiger partial charge in [0.15, 0.2) is 5.54 Å². The number of rotatable bonds is 6. The Bertz CT molecular complexity index is 668. The first-order chi connectivity index (χ1) is 11.3. The van der Waals surface area contributed by atoms with E-state index in [0.717, 1.165) is 5.56 Å². The Hall–Kier alpha value is -2.17. The zero-order valence-electron chi connectivity index (χ0n) is 14.0. The Balaban J connectivity index is 2.63. The highest BCUT2D eigenvalue weighted by molar-refractivity contribution is 5.58. The fourth-order valence-corrected chi connectivity index (χ4v) is 2.88. The molecule has 130 valence electrons. The summed E-state index contributed by atoms with van der Waals surface area (Å²) in [7, 11) is 0. The molecular weight excluding hydrogens is 313 g/mol. The molecule has 1 unspecified atom stereocenters. The second kappa shape index (κ2) is 7.16. The summed E-state index contributed by atoms with van der Waals surface area (Å²) in [6, 6.07) is 13.3. The van der Waals surface area contributed by atoms with E-state index in [2.05, 4.69) is 5.32 Å². The van der Waals surface area contributed by atoms with Gasteiger partial charge in [0.05, 0.1) is 0 Å². The Morgan fingerprint density at radius 2 is 1.71 bits per heavy atom. The summed E-state index contributed by atoms with van der Waals surface area (Å²) in [5.41, 5.74) is 5.16. The van der Waals surface area contributed by atoms with Crippen LogP contribution in [0.4, 0.5) is 24.5 Å². The molecule has 0 bridgehead atoms. The van der Waals surface area contributed by atoms with Gasteiger partial charge in [-0.3, -0.25) is 0 Å². The molecule has 0 aliphatic rings. The average Bonchev–Trinajstić information content (AvgIpc) is 2.53. The van der Waals surface area contributed by atoms with Crippen molar-refractivity contribution in [1.29, 1.82) is 0 Å². The van der Waals surface area contributed by atoms with Gasteiger partial charge in [-0.25, -0.2) is 0 Å². The number of hydrogen-bond acceptors (Lipinski definition) is 2. The third-order valence-corrected chi connectivity index (χ3v) is 4.19. The van der Waals surface area contributed by atoms with Gasteiger partial charge in [0, 0.05) is 16.9 Å². The predicted molar refractivity (Wildman–Crippen MR) is 92.9 cm³/mol. The molecule has 2 rings (SSSR count). The van der Waals surface area contributed by atoms with Crippen molar-refractivity contribution in [2.24, 2.45) is 0 Å². The van der Waals surface area contributed by atoms with Gasteiger partial charge in [-0.15, -0.1) is 0 Å². The summed E-state index contributed by atoms with van der Waals surface area (Å²) in [5.74, 6) is 0. The fraction of sp³-hybridized carbons (Fsp3) is 0.368. The summed E-state index contributed by atoms with van der Waals surface area (Å²) in [6.07, 6.45) is -3.46. The lowest BCUT2D eigenvalue weighted by molar-refractivity contribution is -0.184. The van der Waals surface area contributed by atoms with Crippen LogP contribution >= 0.6 is 0 Å². The van der Waals surface area contributed by atoms with Crippen LogP contribution in [0.25, 0.3) is 0 Å². The number of hydrogen-bond donors (Lipinski definition) is 2. The molecule has 2 aromatic carbocycles. The molecule has 0 fully saturated rings. The molecule has 3 N–H and O–H groups in total. The summed E-state index contributed by atoms with van der Waals surface area (Å²) in [6.45, 7) is 3.65. The van der Waals surface area contributed by atoms with Crippen LogP contribution in [-0.2, 0) is 5.54 Å². The number of nitrogens with two attached hydrogens (primary N) is 1. The van der Waals surface area contributed by atoms with E-state index in [4.69, 9.17) is 5.73 Å². The molecule has 0 aliphatic heterocycles. The van der Waals surface area contributed by atoms with Gasteiger partial charge in [-0.1, -0.05) is 55.7 Å². The third-order valence-electron chi connectivity index (χ3n) is 4.19. The largest absolute Gasteiger partial charge is 0.415 e.